The first-order chi connectivity index (χ1) is 13.6. The molecule has 0 aliphatic heterocycles. The molecule has 0 heterocycles. The number of rotatable bonds is 6. The van der Waals surface area contributed by atoms with E-state index in [1.54, 1.807) is 36.2 Å². The predicted octanol–water partition coefficient (Wildman–Crippen LogP) is 4.86. The molecule has 0 saturated carbocycles. The Labute approximate surface area is 169 Å². The van der Waals surface area contributed by atoms with E-state index in [1.165, 1.54) is 0 Å². The number of nitrogens with zero attached hydrogens (tertiary/aromatic N) is 1. The second-order valence-corrected chi connectivity index (χ2v) is 6.82. The highest BCUT2D eigenvalue weighted by Crippen LogP contribution is 2.22. The lowest BCUT2D eigenvalue weighted by molar-refractivity contribution is -0.118. The molecule has 3 aromatic carbocycles. The Morgan fingerprint density at radius 2 is 1.46 bits per heavy atom. The van der Waals surface area contributed by atoms with Crippen molar-refractivity contribution in [3.05, 3.63) is 101 Å². The maximum atomic E-state index is 12.9. The maximum absolute atomic E-state index is 12.9. The Hall–Kier alpha value is -3.11. The zero-order valence-electron chi connectivity index (χ0n) is 15.5. The highest BCUT2D eigenvalue weighted by atomic mass is 35.5. The van der Waals surface area contributed by atoms with Crippen LogP contribution in [0.3, 0.4) is 0 Å². The van der Waals surface area contributed by atoms with Gasteiger partial charge in [-0.15, -0.1) is 0 Å². The van der Waals surface area contributed by atoms with Gasteiger partial charge in [-0.25, -0.2) is 0 Å². The molecule has 0 aromatic heterocycles. The molecular weight excluding hydrogens is 372 g/mol. The number of anilines is 1. The highest BCUT2D eigenvalue weighted by Gasteiger charge is 2.22. The van der Waals surface area contributed by atoms with Gasteiger partial charge in [0.1, 0.15) is 0 Å². The number of hydrogen-bond acceptors (Lipinski definition) is 2. The van der Waals surface area contributed by atoms with Crippen molar-refractivity contribution >= 4 is 29.1 Å². The van der Waals surface area contributed by atoms with Gasteiger partial charge in [-0.2, -0.15) is 0 Å². The molecule has 0 spiro atoms. The molecule has 0 aliphatic carbocycles. The molecule has 0 saturated heterocycles. The fraction of sp³-hybridized carbons (Fsp3) is 0.130. The average Bonchev–Trinajstić information content (AvgIpc) is 2.74. The van der Waals surface area contributed by atoms with Gasteiger partial charge < -0.3 is 10.2 Å². The van der Waals surface area contributed by atoms with Crippen LogP contribution in [0.1, 0.15) is 28.4 Å². The summed E-state index contributed by atoms with van der Waals surface area (Å²) in [6.45, 7) is 0. The van der Waals surface area contributed by atoms with Crippen molar-refractivity contribution in [3.8, 4) is 0 Å². The van der Waals surface area contributed by atoms with E-state index in [1.807, 2.05) is 60.7 Å². The zero-order chi connectivity index (χ0) is 19.9. The Bertz CT molecular complexity index is 945. The molecule has 1 N–H and O–H groups in total. The monoisotopic (exact) mass is 392 g/mol. The van der Waals surface area contributed by atoms with Crippen LogP contribution in [0.5, 0.6) is 0 Å². The first kappa shape index (κ1) is 19.6. The van der Waals surface area contributed by atoms with Crippen LogP contribution in [0.15, 0.2) is 84.9 Å². The van der Waals surface area contributed by atoms with Gasteiger partial charge in [0.25, 0.3) is 5.91 Å². The quantitative estimate of drug-likeness (QED) is 0.651. The highest BCUT2D eigenvalue weighted by molar-refractivity contribution is 6.33. The lowest BCUT2D eigenvalue weighted by Crippen LogP contribution is -2.34. The summed E-state index contributed by atoms with van der Waals surface area (Å²) in [5, 5.41) is 3.33. The number of carbonyl (C=O) groups excluding carboxylic acids is 2. The van der Waals surface area contributed by atoms with Crippen molar-refractivity contribution in [2.75, 3.05) is 11.9 Å². The van der Waals surface area contributed by atoms with Gasteiger partial charge in [-0.05, 0) is 29.8 Å². The Morgan fingerprint density at radius 3 is 2.11 bits per heavy atom. The van der Waals surface area contributed by atoms with E-state index in [9.17, 15) is 9.59 Å². The van der Waals surface area contributed by atoms with Crippen LogP contribution in [-0.2, 0) is 4.79 Å². The van der Waals surface area contributed by atoms with Crippen LogP contribution in [0, 0.1) is 0 Å². The minimum Gasteiger partial charge on any atom is -0.345 e. The van der Waals surface area contributed by atoms with Gasteiger partial charge in [0.2, 0.25) is 5.91 Å². The van der Waals surface area contributed by atoms with Crippen LogP contribution in [0.2, 0.25) is 5.02 Å². The molecule has 28 heavy (non-hydrogen) atoms. The topological polar surface area (TPSA) is 49.4 Å². The summed E-state index contributed by atoms with van der Waals surface area (Å²) >= 11 is 6.15. The van der Waals surface area contributed by atoms with Gasteiger partial charge in [-0.1, -0.05) is 72.3 Å². The van der Waals surface area contributed by atoms with Crippen LogP contribution < -0.4 is 10.2 Å². The number of nitrogens with one attached hydrogen (secondary N) is 1. The number of benzene rings is 3. The molecular formula is C23H21ClN2O2. The molecule has 0 radical (unpaired) electrons. The number of hydrogen-bond donors (Lipinski definition) is 1. The third-order valence-corrected chi connectivity index (χ3v) is 4.85. The molecule has 0 unspecified atom stereocenters. The van der Waals surface area contributed by atoms with E-state index < -0.39 is 6.04 Å². The van der Waals surface area contributed by atoms with Crippen molar-refractivity contribution < 1.29 is 9.59 Å². The SMILES string of the molecule is CN(C(=O)C[C@@H](NC(=O)c1ccccc1Cl)c1ccccc1)c1ccccc1. The molecule has 0 aliphatic rings. The summed E-state index contributed by atoms with van der Waals surface area (Å²) in [5.74, 6) is -0.408. The third-order valence-electron chi connectivity index (χ3n) is 4.52. The molecule has 1 atom stereocenters. The van der Waals surface area contributed by atoms with Crippen molar-refractivity contribution in [1.82, 2.24) is 5.32 Å². The molecule has 4 nitrogen and oxygen atoms in total. The van der Waals surface area contributed by atoms with Gasteiger partial charge >= 0.3 is 0 Å². The summed E-state index contributed by atoms with van der Waals surface area (Å²) in [6, 6.07) is 25.3. The Morgan fingerprint density at radius 1 is 0.893 bits per heavy atom. The van der Waals surface area contributed by atoms with Gasteiger partial charge in [0, 0.05) is 12.7 Å². The predicted molar refractivity (Wildman–Crippen MR) is 113 cm³/mol. The maximum Gasteiger partial charge on any atom is 0.253 e. The fourth-order valence-electron chi connectivity index (χ4n) is 2.93. The molecule has 142 valence electrons. The summed E-state index contributed by atoms with van der Waals surface area (Å²) < 4.78 is 0. The number of carbonyl (C=O) groups is 2. The van der Waals surface area contributed by atoms with Crippen molar-refractivity contribution in [2.24, 2.45) is 0 Å². The molecule has 3 aromatic rings. The van der Waals surface area contributed by atoms with E-state index in [0.29, 0.717) is 10.6 Å². The second-order valence-electron chi connectivity index (χ2n) is 6.41. The summed E-state index contributed by atoms with van der Waals surface area (Å²) in [4.78, 5) is 27.2. The standard InChI is InChI=1S/C23H21ClN2O2/c1-26(18-12-6-3-7-13-18)22(27)16-21(17-10-4-2-5-11-17)25-23(28)19-14-8-9-15-20(19)24/h2-15,21H,16H2,1H3,(H,25,28)/t21-/m1/s1. The van der Waals surface area contributed by atoms with E-state index in [-0.39, 0.29) is 18.2 Å². The first-order valence-electron chi connectivity index (χ1n) is 8.98. The Balaban J connectivity index is 1.81. The van der Waals surface area contributed by atoms with Crippen LogP contribution in [-0.4, -0.2) is 18.9 Å². The second kappa shape index (κ2) is 9.20. The molecule has 3 rings (SSSR count). The largest absolute Gasteiger partial charge is 0.345 e. The fourth-order valence-corrected chi connectivity index (χ4v) is 3.15. The van der Waals surface area contributed by atoms with Gasteiger partial charge in [-0.3, -0.25) is 9.59 Å². The molecule has 0 fully saturated rings. The Kier molecular flexibility index (Phi) is 6.45. The molecule has 0 bridgehead atoms. The normalized spacial score (nSPS) is 11.5. The van der Waals surface area contributed by atoms with Crippen LogP contribution >= 0.6 is 11.6 Å². The minimum absolute atomic E-state index is 0.0977. The average molecular weight is 393 g/mol. The summed E-state index contributed by atoms with van der Waals surface area (Å²) in [6.07, 6.45) is 0.131. The number of halogens is 1. The van der Waals surface area contributed by atoms with Crippen molar-refractivity contribution in [2.45, 2.75) is 12.5 Å². The third kappa shape index (κ3) is 4.78. The number of para-hydroxylation sites is 1. The van der Waals surface area contributed by atoms with Gasteiger partial charge in [0.05, 0.1) is 23.0 Å². The van der Waals surface area contributed by atoms with Crippen molar-refractivity contribution in [3.63, 3.8) is 0 Å². The van der Waals surface area contributed by atoms with E-state index in [2.05, 4.69) is 5.32 Å². The smallest absolute Gasteiger partial charge is 0.253 e. The van der Waals surface area contributed by atoms with Crippen LogP contribution in [0.4, 0.5) is 5.69 Å². The minimum atomic E-state index is -0.469. The zero-order valence-corrected chi connectivity index (χ0v) is 16.3. The lowest BCUT2D eigenvalue weighted by atomic mass is 10.0. The van der Waals surface area contributed by atoms with Crippen LogP contribution in [0.25, 0.3) is 0 Å². The van der Waals surface area contributed by atoms with E-state index in [0.717, 1.165) is 11.3 Å². The first-order valence-corrected chi connectivity index (χ1v) is 9.36. The van der Waals surface area contributed by atoms with E-state index in [4.69, 9.17) is 11.6 Å². The van der Waals surface area contributed by atoms with E-state index >= 15 is 0 Å². The lowest BCUT2D eigenvalue weighted by Gasteiger charge is -2.23. The summed E-state index contributed by atoms with van der Waals surface area (Å²) in [7, 11) is 1.73. The summed E-state index contributed by atoms with van der Waals surface area (Å²) in [5.41, 5.74) is 2.04. The van der Waals surface area contributed by atoms with Crippen molar-refractivity contribution in [1.29, 1.82) is 0 Å². The molecule has 5 heteroatoms. The number of amides is 2. The molecule has 2 amide bonds. The van der Waals surface area contributed by atoms with Gasteiger partial charge in [0.15, 0.2) is 0 Å².